The molecule has 0 bridgehead atoms. The number of rotatable bonds is 8. The van der Waals surface area contributed by atoms with Gasteiger partial charge in [0.15, 0.2) is 0 Å². The third kappa shape index (κ3) is 3.98. The van der Waals surface area contributed by atoms with E-state index in [9.17, 15) is 9.59 Å². The number of methoxy groups -OCH3 is 1. The Labute approximate surface area is 155 Å². The van der Waals surface area contributed by atoms with E-state index in [0.29, 0.717) is 32.5 Å². The molecule has 0 aromatic heterocycles. The van der Waals surface area contributed by atoms with Gasteiger partial charge in [0.2, 0.25) is 12.3 Å². The van der Waals surface area contributed by atoms with Gasteiger partial charge in [-0.15, -0.1) is 13.2 Å². The van der Waals surface area contributed by atoms with Crippen LogP contribution in [-0.4, -0.2) is 48.9 Å². The van der Waals surface area contributed by atoms with E-state index in [1.54, 1.807) is 24.2 Å². The average Bonchev–Trinajstić information content (AvgIpc) is 2.67. The summed E-state index contributed by atoms with van der Waals surface area (Å²) in [7, 11) is 1.61. The second-order valence-corrected chi connectivity index (χ2v) is 6.90. The zero-order chi connectivity index (χ0) is 19.2. The molecular formula is C21H28N2O3. The monoisotopic (exact) mass is 356 g/mol. The van der Waals surface area contributed by atoms with Crippen LogP contribution in [0.1, 0.15) is 31.4 Å². The maximum Gasteiger partial charge on any atom is 0.229 e. The van der Waals surface area contributed by atoms with Gasteiger partial charge in [0.25, 0.3) is 0 Å². The Hall–Kier alpha value is -2.56. The number of para-hydroxylation sites is 1. The number of nitrogens with zero attached hydrogens (tertiary/aromatic N) is 2. The van der Waals surface area contributed by atoms with Crippen molar-refractivity contribution in [2.45, 2.75) is 25.8 Å². The first-order valence-corrected chi connectivity index (χ1v) is 8.86. The lowest BCUT2D eigenvalue weighted by Crippen LogP contribution is -2.53. The van der Waals surface area contributed by atoms with Crippen LogP contribution in [0.5, 0.6) is 5.75 Å². The molecule has 140 valence electrons. The fourth-order valence-electron chi connectivity index (χ4n) is 3.60. The minimum absolute atomic E-state index is 0.0720. The molecule has 1 aromatic carbocycles. The quantitative estimate of drug-likeness (QED) is 0.531. The Bertz CT molecular complexity index is 661. The van der Waals surface area contributed by atoms with Crippen LogP contribution in [-0.2, 0) is 9.59 Å². The van der Waals surface area contributed by atoms with Crippen molar-refractivity contribution in [3.8, 4) is 5.75 Å². The highest BCUT2D eigenvalue weighted by Gasteiger charge is 2.38. The molecule has 0 N–H and O–H groups in total. The number of carbonyl (C=O) groups excluding carboxylic acids is 2. The number of piperazine rings is 1. The first kappa shape index (κ1) is 19.8. The molecule has 26 heavy (non-hydrogen) atoms. The maximum absolute atomic E-state index is 13.2. The summed E-state index contributed by atoms with van der Waals surface area (Å²) in [5.74, 6) is 0.793. The topological polar surface area (TPSA) is 49.9 Å². The molecule has 1 aromatic rings. The molecule has 1 heterocycles. The molecule has 5 nitrogen and oxygen atoms in total. The molecular weight excluding hydrogens is 328 g/mol. The Morgan fingerprint density at radius 3 is 2.50 bits per heavy atom. The predicted molar refractivity (Wildman–Crippen MR) is 103 cm³/mol. The Kier molecular flexibility index (Phi) is 6.61. The van der Waals surface area contributed by atoms with Crippen LogP contribution in [0.15, 0.2) is 49.6 Å². The van der Waals surface area contributed by atoms with E-state index in [-0.39, 0.29) is 11.9 Å². The molecule has 0 spiro atoms. The number of hydrogen-bond acceptors (Lipinski definition) is 3. The molecule has 5 heteroatoms. The van der Waals surface area contributed by atoms with Crippen LogP contribution in [0.25, 0.3) is 0 Å². The molecule has 1 unspecified atom stereocenters. The summed E-state index contributed by atoms with van der Waals surface area (Å²) in [5.41, 5.74) is 0.354. The van der Waals surface area contributed by atoms with Gasteiger partial charge in [-0.25, -0.2) is 0 Å². The Balaban J connectivity index is 2.31. The number of benzene rings is 1. The van der Waals surface area contributed by atoms with Crippen LogP contribution in [0.4, 0.5) is 0 Å². The standard InChI is InChI=1S/C21H28N2O3/c1-5-11-21(3,12-6-2)20(25)22-13-14-23(16-24)18(15-22)17-9-7-8-10-19(17)26-4/h5-10,16,18H,1-2,11-15H2,3-4H3. The third-order valence-electron chi connectivity index (χ3n) is 5.05. The molecule has 0 radical (unpaired) electrons. The molecule has 2 amide bonds. The zero-order valence-corrected chi connectivity index (χ0v) is 15.7. The van der Waals surface area contributed by atoms with Crippen LogP contribution in [0.3, 0.4) is 0 Å². The average molecular weight is 356 g/mol. The number of allylic oxidation sites excluding steroid dienone is 2. The van der Waals surface area contributed by atoms with Gasteiger partial charge in [0.05, 0.1) is 18.6 Å². The van der Waals surface area contributed by atoms with Gasteiger partial charge in [-0.1, -0.05) is 37.3 Å². The SMILES string of the molecule is C=CCC(C)(CC=C)C(=O)N1CCN(C=O)C(c2ccccc2OC)C1. The largest absolute Gasteiger partial charge is 0.496 e. The molecule has 0 aliphatic carbocycles. The van der Waals surface area contributed by atoms with E-state index in [0.717, 1.165) is 17.7 Å². The first-order valence-electron chi connectivity index (χ1n) is 8.86. The summed E-state index contributed by atoms with van der Waals surface area (Å²) in [5, 5.41) is 0. The van der Waals surface area contributed by atoms with Crippen molar-refractivity contribution in [2.24, 2.45) is 5.41 Å². The predicted octanol–water partition coefficient (Wildman–Crippen LogP) is 3.20. The zero-order valence-electron chi connectivity index (χ0n) is 15.7. The highest BCUT2D eigenvalue weighted by Crippen LogP contribution is 2.35. The van der Waals surface area contributed by atoms with Crippen molar-refractivity contribution >= 4 is 12.3 Å². The second-order valence-electron chi connectivity index (χ2n) is 6.90. The van der Waals surface area contributed by atoms with Crippen molar-refractivity contribution in [3.05, 3.63) is 55.1 Å². The van der Waals surface area contributed by atoms with E-state index < -0.39 is 5.41 Å². The van der Waals surface area contributed by atoms with Crippen molar-refractivity contribution in [2.75, 3.05) is 26.7 Å². The maximum atomic E-state index is 13.2. The summed E-state index contributed by atoms with van der Waals surface area (Å²) < 4.78 is 5.46. The summed E-state index contributed by atoms with van der Waals surface area (Å²) in [6.45, 7) is 11.0. The van der Waals surface area contributed by atoms with Crippen molar-refractivity contribution in [3.63, 3.8) is 0 Å². The summed E-state index contributed by atoms with van der Waals surface area (Å²) in [6.07, 6.45) is 5.59. The van der Waals surface area contributed by atoms with Crippen LogP contribution < -0.4 is 4.74 Å². The number of hydrogen-bond donors (Lipinski definition) is 0. The smallest absolute Gasteiger partial charge is 0.229 e. The van der Waals surface area contributed by atoms with Crippen LogP contribution in [0, 0.1) is 5.41 Å². The van der Waals surface area contributed by atoms with Gasteiger partial charge in [0.1, 0.15) is 5.75 Å². The van der Waals surface area contributed by atoms with E-state index in [1.165, 1.54) is 0 Å². The Morgan fingerprint density at radius 1 is 1.27 bits per heavy atom. The molecule has 1 fully saturated rings. The van der Waals surface area contributed by atoms with E-state index in [4.69, 9.17) is 4.74 Å². The summed E-state index contributed by atoms with van der Waals surface area (Å²) in [4.78, 5) is 28.4. The molecule has 0 saturated carbocycles. The van der Waals surface area contributed by atoms with Gasteiger partial charge < -0.3 is 14.5 Å². The molecule has 1 atom stereocenters. The minimum atomic E-state index is -0.557. The fourth-order valence-corrected chi connectivity index (χ4v) is 3.60. The lowest BCUT2D eigenvalue weighted by atomic mass is 9.81. The van der Waals surface area contributed by atoms with Gasteiger partial charge in [-0.05, 0) is 18.9 Å². The lowest BCUT2D eigenvalue weighted by molar-refractivity contribution is -0.146. The van der Waals surface area contributed by atoms with Crippen LogP contribution in [0.2, 0.25) is 0 Å². The van der Waals surface area contributed by atoms with Gasteiger partial charge in [-0.2, -0.15) is 0 Å². The van der Waals surface area contributed by atoms with E-state index >= 15 is 0 Å². The molecule has 2 rings (SSSR count). The van der Waals surface area contributed by atoms with E-state index in [2.05, 4.69) is 13.2 Å². The molecule has 1 aliphatic rings. The Morgan fingerprint density at radius 2 is 1.92 bits per heavy atom. The van der Waals surface area contributed by atoms with Gasteiger partial charge in [0, 0.05) is 25.2 Å². The number of amides is 2. The first-order chi connectivity index (χ1) is 12.5. The normalized spacial score (nSPS) is 17.5. The number of carbonyl (C=O) groups is 2. The minimum Gasteiger partial charge on any atom is -0.496 e. The van der Waals surface area contributed by atoms with Crippen molar-refractivity contribution in [1.29, 1.82) is 0 Å². The van der Waals surface area contributed by atoms with Gasteiger partial charge in [-0.3, -0.25) is 9.59 Å². The number of ether oxygens (including phenoxy) is 1. The van der Waals surface area contributed by atoms with Crippen molar-refractivity contribution in [1.82, 2.24) is 9.80 Å². The lowest BCUT2D eigenvalue weighted by Gasteiger charge is -2.43. The fraction of sp³-hybridized carbons (Fsp3) is 0.429. The van der Waals surface area contributed by atoms with E-state index in [1.807, 2.05) is 36.1 Å². The summed E-state index contributed by atoms with van der Waals surface area (Å²) in [6, 6.07) is 7.41. The van der Waals surface area contributed by atoms with Crippen LogP contribution >= 0.6 is 0 Å². The van der Waals surface area contributed by atoms with Crippen molar-refractivity contribution < 1.29 is 14.3 Å². The second kappa shape index (κ2) is 8.70. The summed E-state index contributed by atoms with van der Waals surface area (Å²) >= 11 is 0. The van der Waals surface area contributed by atoms with Gasteiger partial charge >= 0.3 is 0 Å². The molecule has 1 saturated heterocycles. The molecule has 1 aliphatic heterocycles. The highest BCUT2D eigenvalue weighted by atomic mass is 16.5. The third-order valence-corrected chi connectivity index (χ3v) is 5.05. The highest BCUT2D eigenvalue weighted by molar-refractivity contribution is 5.83.